The molecule has 0 fully saturated rings. The van der Waals surface area contributed by atoms with Crippen molar-refractivity contribution in [2.45, 2.75) is 6.92 Å². The van der Waals surface area contributed by atoms with Crippen molar-refractivity contribution in [2.24, 2.45) is 0 Å². The van der Waals surface area contributed by atoms with Crippen molar-refractivity contribution in [3.8, 4) is 17.2 Å². The number of fused-ring (bicyclic) bond motifs is 1. The molecule has 0 unspecified atom stereocenters. The highest BCUT2D eigenvalue weighted by Crippen LogP contribution is 2.42. The largest absolute Gasteiger partial charge is 0.493 e. The number of benzene rings is 2. The third kappa shape index (κ3) is 2.58. The van der Waals surface area contributed by atoms with Gasteiger partial charge in [-0.15, -0.1) is 0 Å². The summed E-state index contributed by atoms with van der Waals surface area (Å²) in [5, 5.41) is 2.01. The maximum Gasteiger partial charge on any atom is 0.308 e. The van der Waals surface area contributed by atoms with E-state index in [-0.39, 0.29) is 0 Å². The third-order valence-corrected chi connectivity index (χ3v) is 2.89. The molecule has 100 valence electrons. The zero-order chi connectivity index (χ0) is 14.0. The quantitative estimate of drug-likeness (QED) is 0.638. The molecule has 5 heteroatoms. The molecule has 2 aromatic rings. The Hall–Kier alpha value is -1.94. The number of methoxy groups -OCH3 is 2. The predicted octanol–water partition coefficient (Wildman–Crippen LogP) is 3.44. The minimum absolute atomic E-state index is 0.391. The van der Waals surface area contributed by atoms with Crippen LogP contribution in [0.15, 0.2) is 24.3 Å². The Labute approximate surface area is 115 Å². The summed E-state index contributed by atoms with van der Waals surface area (Å²) in [5.74, 6) is 1.05. The molecule has 19 heavy (non-hydrogen) atoms. The number of hydrogen-bond acceptors (Lipinski definition) is 4. The Balaban J connectivity index is 2.79. The topological polar surface area (TPSA) is 44.8 Å². The normalized spacial score (nSPS) is 10.3. The summed E-state index contributed by atoms with van der Waals surface area (Å²) in [4.78, 5) is 11.2. The average molecular weight is 281 g/mol. The fourth-order valence-electron chi connectivity index (χ4n) is 1.91. The molecule has 0 aliphatic rings. The van der Waals surface area contributed by atoms with Gasteiger partial charge >= 0.3 is 5.97 Å². The van der Waals surface area contributed by atoms with Gasteiger partial charge in [0.25, 0.3) is 0 Å². The predicted molar refractivity (Wildman–Crippen MR) is 73.4 cm³/mol. The first-order chi connectivity index (χ1) is 9.06. The number of ether oxygens (including phenoxy) is 3. The third-order valence-electron chi connectivity index (χ3n) is 2.66. The lowest BCUT2D eigenvalue weighted by Gasteiger charge is -2.14. The molecular formula is C14H13ClO4. The molecule has 0 aromatic heterocycles. The average Bonchev–Trinajstić information content (AvgIpc) is 2.38. The molecule has 0 atom stereocenters. The second-order valence-electron chi connectivity index (χ2n) is 3.89. The lowest BCUT2D eigenvalue weighted by atomic mass is 10.1. The van der Waals surface area contributed by atoms with Crippen LogP contribution in [-0.2, 0) is 4.79 Å². The van der Waals surface area contributed by atoms with Gasteiger partial charge in [-0.25, -0.2) is 0 Å². The molecular weight excluding hydrogens is 268 g/mol. The monoisotopic (exact) mass is 280 g/mol. The van der Waals surface area contributed by atoms with Gasteiger partial charge in [0.05, 0.1) is 14.2 Å². The van der Waals surface area contributed by atoms with E-state index in [0.717, 1.165) is 5.39 Å². The van der Waals surface area contributed by atoms with Crippen molar-refractivity contribution >= 4 is 28.3 Å². The van der Waals surface area contributed by atoms with E-state index in [9.17, 15) is 4.79 Å². The van der Waals surface area contributed by atoms with Crippen LogP contribution in [0, 0.1) is 0 Å². The number of halogens is 1. The van der Waals surface area contributed by atoms with Gasteiger partial charge in [0.15, 0.2) is 11.5 Å². The molecule has 2 rings (SSSR count). The van der Waals surface area contributed by atoms with Crippen molar-refractivity contribution < 1.29 is 19.0 Å². The molecule has 2 aromatic carbocycles. The Bertz CT molecular complexity index is 637. The second-order valence-corrected chi connectivity index (χ2v) is 4.33. The molecule has 0 heterocycles. The van der Waals surface area contributed by atoms with E-state index in [1.807, 2.05) is 0 Å². The first-order valence-corrected chi connectivity index (χ1v) is 5.97. The first kappa shape index (κ1) is 13.5. The molecule has 0 spiro atoms. The Morgan fingerprint density at radius 2 is 1.79 bits per heavy atom. The van der Waals surface area contributed by atoms with E-state index in [2.05, 4.69) is 0 Å². The molecule has 0 radical (unpaired) electrons. The molecule has 0 amide bonds. The van der Waals surface area contributed by atoms with Gasteiger partial charge in [-0.3, -0.25) is 4.79 Å². The zero-order valence-corrected chi connectivity index (χ0v) is 11.6. The van der Waals surface area contributed by atoms with Crippen molar-refractivity contribution in [3.63, 3.8) is 0 Å². The van der Waals surface area contributed by atoms with Crippen LogP contribution < -0.4 is 14.2 Å². The van der Waals surface area contributed by atoms with E-state index >= 15 is 0 Å². The van der Waals surface area contributed by atoms with E-state index < -0.39 is 5.97 Å². The summed E-state index contributed by atoms with van der Waals surface area (Å²) in [6, 6.07) is 6.87. The molecule has 0 bridgehead atoms. The van der Waals surface area contributed by atoms with Crippen LogP contribution in [0.1, 0.15) is 6.92 Å². The summed E-state index contributed by atoms with van der Waals surface area (Å²) in [5.41, 5.74) is 0. The summed E-state index contributed by atoms with van der Waals surface area (Å²) in [6.45, 7) is 1.34. The van der Waals surface area contributed by atoms with Crippen LogP contribution in [0.25, 0.3) is 10.8 Å². The van der Waals surface area contributed by atoms with Gasteiger partial charge in [-0.2, -0.15) is 0 Å². The summed E-state index contributed by atoms with van der Waals surface area (Å²) in [7, 11) is 3.08. The van der Waals surface area contributed by atoms with E-state index in [4.69, 9.17) is 25.8 Å². The number of esters is 1. The molecule has 4 nitrogen and oxygen atoms in total. The molecule has 0 aliphatic heterocycles. The van der Waals surface area contributed by atoms with E-state index in [1.54, 1.807) is 31.4 Å². The maximum absolute atomic E-state index is 11.2. The summed E-state index contributed by atoms with van der Waals surface area (Å²) in [6.07, 6.45) is 0. The highest BCUT2D eigenvalue weighted by molar-refractivity contribution is 6.31. The SMILES string of the molecule is COc1cc(OC(C)=O)c2cc(Cl)ccc2c1OC. The first-order valence-electron chi connectivity index (χ1n) is 5.59. The Kier molecular flexibility index (Phi) is 3.81. The van der Waals surface area contributed by atoms with Crippen LogP contribution in [0.5, 0.6) is 17.2 Å². The molecule has 0 saturated carbocycles. The number of carbonyl (C=O) groups excluding carboxylic acids is 1. The van der Waals surface area contributed by atoms with Crippen molar-refractivity contribution in [1.29, 1.82) is 0 Å². The Morgan fingerprint density at radius 3 is 2.37 bits per heavy atom. The molecule has 0 N–H and O–H groups in total. The zero-order valence-electron chi connectivity index (χ0n) is 10.8. The lowest BCUT2D eigenvalue weighted by molar-refractivity contribution is -0.131. The fraction of sp³-hybridized carbons (Fsp3) is 0.214. The van der Waals surface area contributed by atoms with E-state index in [1.165, 1.54) is 14.0 Å². The van der Waals surface area contributed by atoms with Crippen molar-refractivity contribution in [3.05, 3.63) is 29.3 Å². The number of rotatable bonds is 3. The van der Waals surface area contributed by atoms with Crippen LogP contribution in [0.3, 0.4) is 0 Å². The fourth-order valence-corrected chi connectivity index (χ4v) is 2.09. The highest BCUT2D eigenvalue weighted by atomic mass is 35.5. The van der Waals surface area contributed by atoms with E-state index in [0.29, 0.717) is 27.7 Å². The van der Waals surface area contributed by atoms with Crippen LogP contribution in [-0.4, -0.2) is 20.2 Å². The minimum Gasteiger partial charge on any atom is -0.493 e. The minimum atomic E-state index is -0.409. The van der Waals surface area contributed by atoms with Gasteiger partial charge in [-0.05, 0) is 18.2 Å². The van der Waals surface area contributed by atoms with Crippen molar-refractivity contribution in [1.82, 2.24) is 0 Å². The standard InChI is InChI=1S/C14H13ClO4/c1-8(16)19-12-7-13(17-2)14(18-3)10-5-4-9(15)6-11(10)12/h4-7H,1-3H3. The van der Waals surface area contributed by atoms with Gasteiger partial charge in [0, 0.05) is 28.8 Å². The van der Waals surface area contributed by atoms with Crippen molar-refractivity contribution in [2.75, 3.05) is 14.2 Å². The Morgan fingerprint density at radius 1 is 1.05 bits per heavy atom. The van der Waals surface area contributed by atoms with Gasteiger partial charge in [0.1, 0.15) is 5.75 Å². The number of hydrogen-bond donors (Lipinski definition) is 0. The lowest BCUT2D eigenvalue weighted by Crippen LogP contribution is -2.03. The highest BCUT2D eigenvalue weighted by Gasteiger charge is 2.15. The molecule has 0 aliphatic carbocycles. The van der Waals surface area contributed by atoms with Gasteiger partial charge < -0.3 is 14.2 Å². The second kappa shape index (κ2) is 5.36. The van der Waals surface area contributed by atoms with Gasteiger partial charge in [-0.1, -0.05) is 11.6 Å². The van der Waals surface area contributed by atoms with Crippen LogP contribution >= 0.6 is 11.6 Å². The summed E-state index contributed by atoms with van der Waals surface area (Å²) >= 11 is 5.98. The van der Waals surface area contributed by atoms with Gasteiger partial charge in [0.2, 0.25) is 0 Å². The number of carbonyl (C=O) groups is 1. The van der Waals surface area contributed by atoms with Crippen LogP contribution in [0.4, 0.5) is 0 Å². The smallest absolute Gasteiger partial charge is 0.308 e. The van der Waals surface area contributed by atoms with Crippen LogP contribution in [0.2, 0.25) is 5.02 Å². The molecule has 0 saturated heterocycles. The summed E-state index contributed by atoms with van der Waals surface area (Å²) < 4.78 is 15.8. The maximum atomic E-state index is 11.2.